The second-order valence-electron chi connectivity index (χ2n) is 6.96. The van der Waals surface area contributed by atoms with E-state index in [1.54, 1.807) is 43.3 Å². The van der Waals surface area contributed by atoms with Crippen molar-refractivity contribution >= 4 is 34.5 Å². The summed E-state index contributed by atoms with van der Waals surface area (Å²) in [6.45, 7) is 9.20. The summed E-state index contributed by atoms with van der Waals surface area (Å²) < 4.78 is 22.0. The van der Waals surface area contributed by atoms with Gasteiger partial charge < -0.3 is 24.1 Å². The standard InChI is InChI=1S/C26H29NO6S/c1-5-30-19-13-10-18(11-14-19)27-25-23(26(29)33-8-4)24(28)22(34-25)15-17-9-12-20(31-6-2)16-21(17)32-7-3/h9-16,28H,5-8H2,1-4H3. The second kappa shape index (κ2) is 12.2. The van der Waals surface area contributed by atoms with Crippen LogP contribution in [0, 0.1) is 0 Å². The van der Waals surface area contributed by atoms with Crippen LogP contribution < -0.4 is 14.2 Å². The highest BCUT2D eigenvalue weighted by Crippen LogP contribution is 2.41. The third-order valence-electron chi connectivity index (χ3n) is 4.63. The lowest BCUT2D eigenvalue weighted by atomic mass is 10.1. The van der Waals surface area contributed by atoms with Gasteiger partial charge in [-0.25, -0.2) is 9.79 Å². The first kappa shape index (κ1) is 25.2. The van der Waals surface area contributed by atoms with Gasteiger partial charge in [-0.1, -0.05) is 11.8 Å². The average molecular weight is 484 g/mol. The van der Waals surface area contributed by atoms with Crippen LogP contribution in [0.2, 0.25) is 0 Å². The number of thioether (sulfide) groups is 1. The minimum absolute atomic E-state index is 0.0379. The van der Waals surface area contributed by atoms with E-state index < -0.39 is 5.97 Å². The Kier molecular flexibility index (Phi) is 9.04. The molecule has 7 nitrogen and oxygen atoms in total. The van der Waals surface area contributed by atoms with Crippen molar-refractivity contribution in [2.45, 2.75) is 27.7 Å². The van der Waals surface area contributed by atoms with Gasteiger partial charge in [0.2, 0.25) is 0 Å². The van der Waals surface area contributed by atoms with E-state index >= 15 is 0 Å². The molecule has 0 saturated carbocycles. The van der Waals surface area contributed by atoms with Gasteiger partial charge in [-0.2, -0.15) is 0 Å². The van der Waals surface area contributed by atoms with E-state index in [0.29, 0.717) is 47.0 Å². The number of carbonyl (C=O) groups excluding carboxylic acids is 1. The molecule has 3 rings (SSSR count). The van der Waals surface area contributed by atoms with Crippen molar-refractivity contribution in [3.8, 4) is 17.2 Å². The van der Waals surface area contributed by atoms with E-state index in [9.17, 15) is 9.90 Å². The van der Waals surface area contributed by atoms with Crippen molar-refractivity contribution in [2.24, 2.45) is 4.99 Å². The molecule has 0 amide bonds. The van der Waals surface area contributed by atoms with Gasteiger partial charge in [0.25, 0.3) is 0 Å². The number of hydrogen-bond acceptors (Lipinski definition) is 8. The maximum absolute atomic E-state index is 12.7. The normalized spacial score (nSPS) is 15.6. The highest BCUT2D eigenvalue weighted by Gasteiger charge is 2.33. The maximum Gasteiger partial charge on any atom is 0.344 e. The molecule has 1 aliphatic rings. The van der Waals surface area contributed by atoms with Gasteiger partial charge in [-0.15, -0.1) is 0 Å². The monoisotopic (exact) mass is 483 g/mol. The van der Waals surface area contributed by atoms with Crippen molar-refractivity contribution in [1.82, 2.24) is 0 Å². The summed E-state index contributed by atoms with van der Waals surface area (Å²) in [5, 5.41) is 11.3. The Hall–Kier alpha value is -3.39. The molecule has 0 atom stereocenters. The van der Waals surface area contributed by atoms with Crippen LogP contribution in [0.3, 0.4) is 0 Å². The van der Waals surface area contributed by atoms with Crippen LogP contribution in [0.5, 0.6) is 17.2 Å². The molecule has 8 heteroatoms. The summed E-state index contributed by atoms with van der Waals surface area (Å²) >= 11 is 1.19. The second-order valence-corrected chi connectivity index (χ2v) is 7.99. The fourth-order valence-electron chi connectivity index (χ4n) is 3.20. The smallest absolute Gasteiger partial charge is 0.344 e. The molecule has 2 aromatic rings. The molecule has 2 aromatic carbocycles. The highest BCUT2D eigenvalue weighted by atomic mass is 32.2. The highest BCUT2D eigenvalue weighted by molar-refractivity contribution is 8.18. The zero-order chi connectivity index (χ0) is 24.5. The molecule has 0 fully saturated rings. The van der Waals surface area contributed by atoms with Crippen molar-refractivity contribution in [1.29, 1.82) is 0 Å². The van der Waals surface area contributed by atoms with Gasteiger partial charge in [0, 0.05) is 11.6 Å². The number of aliphatic imine (C=N–C) groups is 1. The van der Waals surface area contributed by atoms with E-state index in [-0.39, 0.29) is 17.9 Å². The summed E-state index contributed by atoms with van der Waals surface area (Å²) in [7, 11) is 0. The fourth-order valence-corrected chi connectivity index (χ4v) is 4.23. The predicted molar refractivity (Wildman–Crippen MR) is 135 cm³/mol. The third kappa shape index (κ3) is 6.14. The van der Waals surface area contributed by atoms with Crippen molar-refractivity contribution in [3.05, 3.63) is 64.3 Å². The Labute approximate surface area is 204 Å². The summed E-state index contributed by atoms with van der Waals surface area (Å²) in [4.78, 5) is 17.7. The van der Waals surface area contributed by atoms with E-state index in [4.69, 9.17) is 18.9 Å². The van der Waals surface area contributed by atoms with Crippen molar-refractivity contribution in [2.75, 3.05) is 26.4 Å². The Balaban J connectivity index is 2.01. The Bertz CT molecular complexity index is 1100. The molecule has 0 bridgehead atoms. The molecule has 1 aliphatic heterocycles. The number of benzene rings is 2. The van der Waals surface area contributed by atoms with Crippen LogP contribution in [0.25, 0.3) is 6.08 Å². The maximum atomic E-state index is 12.7. The molecular formula is C26H29NO6S. The zero-order valence-electron chi connectivity index (χ0n) is 19.8. The number of esters is 1. The van der Waals surface area contributed by atoms with E-state index in [1.165, 1.54) is 11.8 Å². The Morgan fingerprint density at radius 2 is 1.56 bits per heavy atom. The van der Waals surface area contributed by atoms with Gasteiger partial charge in [0.1, 0.15) is 33.6 Å². The average Bonchev–Trinajstić information content (AvgIpc) is 3.12. The predicted octanol–water partition coefficient (Wildman–Crippen LogP) is 6.08. The van der Waals surface area contributed by atoms with Crippen molar-refractivity contribution < 1.29 is 28.8 Å². The van der Waals surface area contributed by atoms with E-state index in [0.717, 1.165) is 11.3 Å². The van der Waals surface area contributed by atoms with Crippen molar-refractivity contribution in [3.63, 3.8) is 0 Å². The van der Waals surface area contributed by atoms with E-state index in [1.807, 2.05) is 32.9 Å². The summed E-state index contributed by atoms with van der Waals surface area (Å²) in [5.74, 6) is 1.23. The molecule has 0 saturated heterocycles. The molecule has 180 valence electrons. The molecule has 0 aliphatic carbocycles. The van der Waals surface area contributed by atoms with Crippen LogP contribution in [0.1, 0.15) is 33.3 Å². The van der Waals surface area contributed by atoms with Crippen LogP contribution >= 0.6 is 11.8 Å². The first-order valence-electron chi connectivity index (χ1n) is 11.2. The molecule has 0 spiro atoms. The number of carbonyl (C=O) groups is 1. The van der Waals surface area contributed by atoms with Gasteiger partial charge in [-0.05, 0) is 70.2 Å². The van der Waals surface area contributed by atoms with Crippen LogP contribution in [-0.4, -0.2) is 42.5 Å². The third-order valence-corrected chi connectivity index (χ3v) is 5.65. The number of nitrogens with zero attached hydrogens (tertiary/aromatic N) is 1. The number of hydrogen-bond donors (Lipinski definition) is 1. The lowest BCUT2D eigenvalue weighted by Crippen LogP contribution is -2.12. The summed E-state index contributed by atoms with van der Waals surface area (Å²) in [5.41, 5.74) is 1.40. The zero-order valence-corrected chi connectivity index (χ0v) is 20.6. The van der Waals surface area contributed by atoms with Gasteiger partial charge in [-0.3, -0.25) is 0 Å². The fraction of sp³-hybridized carbons (Fsp3) is 0.308. The number of ether oxygens (including phenoxy) is 4. The Morgan fingerprint density at radius 3 is 2.21 bits per heavy atom. The molecule has 34 heavy (non-hydrogen) atoms. The number of rotatable bonds is 10. The van der Waals surface area contributed by atoms with Gasteiger partial charge >= 0.3 is 5.97 Å². The summed E-state index contributed by atoms with van der Waals surface area (Å²) in [6, 6.07) is 12.7. The lowest BCUT2D eigenvalue weighted by molar-refractivity contribution is -0.138. The van der Waals surface area contributed by atoms with Crippen LogP contribution in [0.15, 0.2) is 63.7 Å². The topological polar surface area (TPSA) is 86.6 Å². The molecule has 1 heterocycles. The van der Waals surface area contributed by atoms with Gasteiger partial charge in [0.15, 0.2) is 0 Å². The number of aliphatic hydroxyl groups excluding tert-OH is 1. The lowest BCUT2D eigenvalue weighted by Gasteiger charge is -2.11. The minimum atomic E-state index is -0.627. The molecule has 1 N–H and O–H groups in total. The summed E-state index contributed by atoms with van der Waals surface area (Å²) in [6.07, 6.45) is 1.76. The van der Waals surface area contributed by atoms with Crippen LogP contribution in [-0.2, 0) is 9.53 Å². The largest absolute Gasteiger partial charge is 0.506 e. The first-order chi connectivity index (χ1) is 16.5. The first-order valence-corrected chi connectivity index (χ1v) is 12.0. The number of aliphatic hydroxyl groups is 1. The van der Waals surface area contributed by atoms with Gasteiger partial charge in [0.05, 0.1) is 37.0 Å². The SMILES string of the molecule is CCOC(=O)C1=C(O)C(=Cc2ccc(OCC)cc2OCC)SC1=Nc1ccc(OCC)cc1. The minimum Gasteiger partial charge on any atom is -0.506 e. The Morgan fingerprint density at radius 1 is 0.912 bits per heavy atom. The molecule has 0 radical (unpaired) electrons. The van der Waals surface area contributed by atoms with Crippen LogP contribution in [0.4, 0.5) is 5.69 Å². The molecule has 0 aromatic heterocycles. The van der Waals surface area contributed by atoms with E-state index in [2.05, 4.69) is 4.99 Å². The molecule has 0 unspecified atom stereocenters. The molecular weight excluding hydrogens is 454 g/mol. The quantitative estimate of drug-likeness (QED) is 0.410.